The molecule has 1 heterocycles. The van der Waals surface area contributed by atoms with Gasteiger partial charge in [0.15, 0.2) is 0 Å². The third kappa shape index (κ3) is 0.611. The predicted octanol–water partition coefficient (Wildman–Crippen LogP) is 0.775. The van der Waals surface area contributed by atoms with Crippen molar-refractivity contribution in [2.45, 2.75) is 25.3 Å². The van der Waals surface area contributed by atoms with Crippen LogP contribution in [0.15, 0.2) is 0 Å². The van der Waals surface area contributed by atoms with Gasteiger partial charge in [-0.2, -0.15) is 0 Å². The smallest absolute Gasteiger partial charge is 0.0559 e. The van der Waals surface area contributed by atoms with Crippen LogP contribution in [0.2, 0.25) is 0 Å². The number of hydrogen-bond donors (Lipinski definition) is 1. The van der Waals surface area contributed by atoms with Crippen LogP contribution in [0.25, 0.3) is 0 Å². The fraction of sp³-hybridized carbons (Fsp3) is 1.00. The van der Waals surface area contributed by atoms with Gasteiger partial charge >= 0.3 is 0 Å². The summed E-state index contributed by atoms with van der Waals surface area (Å²) < 4.78 is 5.23. The summed E-state index contributed by atoms with van der Waals surface area (Å²) in [5, 5.41) is 3.41. The number of rotatable bonds is 2. The summed E-state index contributed by atoms with van der Waals surface area (Å²) in [6.07, 6.45) is 2.67. The minimum absolute atomic E-state index is 0.446. The molecule has 0 aromatic rings. The number of ether oxygens (including phenoxy) is 1. The molecule has 0 unspecified atom stereocenters. The van der Waals surface area contributed by atoms with Gasteiger partial charge in [0.1, 0.15) is 0 Å². The second-order valence-electron chi connectivity index (χ2n) is 3.89. The van der Waals surface area contributed by atoms with Crippen molar-refractivity contribution < 1.29 is 4.74 Å². The molecule has 0 aromatic heterocycles. The highest BCUT2D eigenvalue weighted by molar-refractivity contribution is 5.14. The van der Waals surface area contributed by atoms with Crippen molar-refractivity contribution >= 4 is 0 Å². The average molecular weight is 141 g/mol. The van der Waals surface area contributed by atoms with Crippen LogP contribution in [0, 0.1) is 5.41 Å². The normalized spacial score (nSPS) is 33.0. The third-order valence-corrected chi connectivity index (χ3v) is 3.23. The van der Waals surface area contributed by atoms with Gasteiger partial charge in [-0.3, -0.25) is 0 Å². The zero-order valence-electron chi connectivity index (χ0n) is 6.74. The maximum absolute atomic E-state index is 5.23. The first-order valence-electron chi connectivity index (χ1n) is 3.99. The Balaban J connectivity index is 2.09. The lowest BCUT2D eigenvalue weighted by Crippen LogP contribution is -2.56. The Morgan fingerprint density at radius 3 is 2.00 bits per heavy atom. The highest BCUT2D eigenvalue weighted by Gasteiger charge is 2.59. The van der Waals surface area contributed by atoms with Crippen LogP contribution in [-0.4, -0.2) is 25.8 Å². The lowest BCUT2D eigenvalue weighted by molar-refractivity contribution is -0.127. The van der Waals surface area contributed by atoms with Crippen LogP contribution in [0.4, 0.5) is 0 Å². The largest absolute Gasteiger partial charge is 0.380 e. The van der Waals surface area contributed by atoms with Gasteiger partial charge in [0.25, 0.3) is 0 Å². The Labute approximate surface area is 61.9 Å². The van der Waals surface area contributed by atoms with Gasteiger partial charge in [0, 0.05) is 11.0 Å². The molecule has 0 radical (unpaired) electrons. The quantitative estimate of drug-likeness (QED) is 0.613. The first kappa shape index (κ1) is 6.62. The highest BCUT2D eigenvalue weighted by Crippen LogP contribution is 2.53. The van der Waals surface area contributed by atoms with Crippen LogP contribution < -0.4 is 5.32 Å². The van der Waals surface area contributed by atoms with E-state index in [9.17, 15) is 0 Å². The van der Waals surface area contributed by atoms with E-state index in [4.69, 9.17) is 4.74 Å². The van der Waals surface area contributed by atoms with Crippen LogP contribution >= 0.6 is 0 Å². The van der Waals surface area contributed by atoms with Gasteiger partial charge in [0.05, 0.1) is 13.2 Å². The molecule has 0 spiro atoms. The van der Waals surface area contributed by atoms with Gasteiger partial charge in [-0.25, -0.2) is 0 Å². The maximum Gasteiger partial charge on any atom is 0.0559 e. The van der Waals surface area contributed by atoms with Crippen molar-refractivity contribution in [3.63, 3.8) is 0 Å². The molecule has 10 heavy (non-hydrogen) atoms. The fourth-order valence-corrected chi connectivity index (χ4v) is 1.96. The third-order valence-electron chi connectivity index (χ3n) is 3.23. The second kappa shape index (κ2) is 1.74. The van der Waals surface area contributed by atoms with E-state index in [1.165, 1.54) is 12.8 Å². The summed E-state index contributed by atoms with van der Waals surface area (Å²) in [6.45, 7) is 4.22. The van der Waals surface area contributed by atoms with E-state index < -0.39 is 0 Å². The van der Waals surface area contributed by atoms with Crippen LogP contribution in [0.1, 0.15) is 19.8 Å². The summed E-state index contributed by atoms with van der Waals surface area (Å²) in [5.74, 6) is 0. The second-order valence-corrected chi connectivity index (χ2v) is 3.89. The molecule has 2 aliphatic rings. The molecule has 2 fully saturated rings. The summed E-state index contributed by atoms with van der Waals surface area (Å²) in [4.78, 5) is 0. The molecule has 58 valence electrons. The molecule has 2 rings (SSSR count). The lowest BCUT2D eigenvalue weighted by Gasteiger charge is -2.45. The standard InChI is InChI=1S/C8H15NO/c1-7(5-10-6-7)8(9-2)3-4-8/h9H,3-6H2,1-2H3. The summed E-state index contributed by atoms with van der Waals surface area (Å²) in [6, 6.07) is 0. The van der Waals surface area contributed by atoms with Crippen LogP contribution in [-0.2, 0) is 4.74 Å². The van der Waals surface area contributed by atoms with Crippen molar-refractivity contribution in [2.75, 3.05) is 20.3 Å². The molecular weight excluding hydrogens is 126 g/mol. The Morgan fingerprint density at radius 2 is 1.90 bits per heavy atom. The van der Waals surface area contributed by atoms with E-state index in [0.717, 1.165) is 13.2 Å². The Hall–Kier alpha value is -0.0800. The Kier molecular flexibility index (Phi) is 1.15. The van der Waals surface area contributed by atoms with Gasteiger partial charge in [-0.1, -0.05) is 6.92 Å². The summed E-state index contributed by atoms with van der Waals surface area (Å²) in [5.41, 5.74) is 0.896. The van der Waals surface area contributed by atoms with Crippen molar-refractivity contribution in [3.05, 3.63) is 0 Å². The first-order valence-corrected chi connectivity index (χ1v) is 3.99. The monoisotopic (exact) mass is 141 g/mol. The van der Waals surface area contributed by atoms with E-state index in [1.807, 2.05) is 0 Å². The Morgan fingerprint density at radius 1 is 1.30 bits per heavy atom. The van der Waals surface area contributed by atoms with Gasteiger partial charge < -0.3 is 10.1 Å². The molecule has 0 amide bonds. The van der Waals surface area contributed by atoms with Gasteiger partial charge in [0.2, 0.25) is 0 Å². The van der Waals surface area contributed by atoms with Gasteiger partial charge in [-0.15, -0.1) is 0 Å². The molecule has 0 bridgehead atoms. The van der Waals surface area contributed by atoms with Crippen molar-refractivity contribution in [1.82, 2.24) is 5.32 Å². The first-order chi connectivity index (χ1) is 4.72. The van der Waals surface area contributed by atoms with Crippen molar-refractivity contribution in [3.8, 4) is 0 Å². The SMILES string of the molecule is CNC1(C2(C)COC2)CC1. The van der Waals surface area contributed by atoms with E-state index in [0.29, 0.717) is 11.0 Å². The van der Waals surface area contributed by atoms with E-state index in [1.54, 1.807) is 0 Å². The predicted molar refractivity (Wildman–Crippen MR) is 40.0 cm³/mol. The molecule has 2 heteroatoms. The summed E-state index contributed by atoms with van der Waals surface area (Å²) >= 11 is 0. The van der Waals surface area contributed by atoms with Crippen molar-refractivity contribution in [1.29, 1.82) is 0 Å². The molecule has 1 saturated carbocycles. The zero-order chi connectivity index (χ0) is 7.24. The molecule has 1 aliphatic carbocycles. The molecule has 2 nitrogen and oxygen atoms in total. The zero-order valence-corrected chi connectivity index (χ0v) is 6.74. The molecule has 1 aliphatic heterocycles. The summed E-state index contributed by atoms with van der Waals surface area (Å²) in [7, 11) is 2.07. The highest BCUT2D eigenvalue weighted by atomic mass is 16.5. The topological polar surface area (TPSA) is 21.3 Å². The van der Waals surface area contributed by atoms with Crippen LogP contribution in [0.5, 0.6) is 0 Å². The van der Waals surface area contributed by atoms with E-state index in [-0.39, 0.29) is 0 Å². The lowest BCUT2D eigenvalue weighted by atomic mass is 9.78. The number of hydrogen-bond acceptors (Lipinski definition) is 2. The van der Waals surface area contributed by atoms with Crippen molar-refractivity contribution in [2.24, 2.45) is 5.41 Å². The number of nitrogens with one attached hydrogen (secondary N) is 1. The molecule has 1 saturated heterocycles. The van der Waals surface area contributed by atoms with Crippen LogP contribution in [0.3, 0.4) is 0 Å². The van der Waals surface area contributed by atoms with E-state index >= 15 is 0 Å². The molecule has 0 atom stereocenters. The fourth-order valence-electron chi connectivity index (χ4n) is 1.96. The maximum atomic E-state index is 5.23. The Bertz CT molecular complexity index is 145. The molecular formula is C8H15NO. The minimum Gasteiger partial charge on any atom is -0.380 e. The minimum atomic E-state index is 0.446. The average Bonchev–Trinajstić information content (AvgIpc) is 2.63. The molecule has 0 aromatic carbocycles. The van der Waals surface area contributed by atoms with E-state index in [2.05, 4.69) is 19.3 Å². The molecule has 1 N–H and O–H groups in total. The van der Waals surface area contributed by atoms with Gasteiger partial charge in [-0.05, 0) is 19.9 Å².